The van der Waals surface area contributed by atoms with Crippen molar-refractivity contribution in [2.24, 2.45) is 0 Å². The van der Waals surface area contributed by atoms with Crippen molar-refractivity contribution >= 4 is 48.0 Å². The Morgan fingerprint density at radius 3 is 0.735 bits per heavy atom. The molecule has 0 radical (unpaired) electrons. The van der Waals surface area contributed by atoms with Crippen LogP contribution in [0.15, 0.2) is 124 Å². The van der Waals surface area contributed by atoms with E-state index in [0.717, 1.165) is 0 Å². The van der Waals surface area contributed by atoms with Crippen LogP contribution < -0.4 is 28.4 Å². The summed E-state index contributed by atoms with van der Waals surface area (Å²) >= 11 is 0. The molecule has 9 rings (SSSR count). The van der Waals surface area contributed by atoms with E-state index in [9.17, 15) is 119 Å². The summed E-state index contributed by atoms with van der Waals surface area (Å²) in [7, 11) is -14.4. The number of hydrogen-bond donors (Lipinski definition) is 6. The lowest BCUT2D eigenvalue weighted by molar-refractivity contribution is -0.145. The SMILES string of the molecule is O=C(O)COc1cccc2c1CCCCC2NS(=O)(=O)c1cc(C(F)(F)F)cc(C(F)(F)F)c1.O=C(O)COc1cccc2c1CCCC[C@@H]2NS(=O)(=O)c1cc(C(F)(F)F)cc(C(F)(F)F)c1.O=C(O)COc1cccc2c1CCCC[C@H]2NS(=O)(=O)c1cc(C(F)(F)F)cc(C(F)(F)F)c1. The standard InChI is InChI=1S/3C21H19F6NO5S/c3*22-20(23,24)12-8-13(21(25,26)27)10-14(9-12)34(31,32)28-17-6-2-1-4-16-15(17)5-3-7-18(16)33-11-19(29)30/h3*3,5,7-10,17,28H,1-2,4,6,11H2,(H,29,30)/t2*17-;/m10./s1. The number of fused-ring (bicyclic) bond motifs is 3. The molecule has 102 heavy (non-hydrogen) atoms. The van der Waals surface area contributed by atoms with Crippen LogP contribution in [-0.2, 0) is 101 Å². The summed E-state index contributed by atoms with van der Waals surface area (Å²) in [5.74, 6) is -3.05. The molecule has 18 nitrogen and oxygen atoms in total. The van der Waals surface area contributed by atoms with Gasteiger partial charge in [-0.2, -0.15) is 79.0 Å². The fourth-order valence-corrected chi connectivity index (χ4v) is 15.1. The lowest BCUT2D eigenvalue weighted by Gasteiger charge is -2.22. The van der Waals surface area contributed by atoms with Gasteiger partial charge < -0.3 is 29.5 Å². The topological polar surface area (TPSA) is 278 Å². The number of sulfonamides is 3. The van der Waals surface area contributed by atoms with Gasteiger partial charge in [0.15, 0.2) is 19.8 Å². The largest absolute Gasteiger partial charge is 0.482 e. The maximum atomic E-state index is 13.2. The third kappa shape index (κ3) is 21.6. The lowest BCUT2D eigenvalue weighted by atomic mass is 9.99. The predicted molar refractivity (Wildman–Crippen MR) is 320 cm³/mol. The summed E-state index contributed by atoms with van der Waals surface area (Å²) in [6.07, 6.45) is -26.0. The fourth-order valence-electron chi connectivity index (χ4n) is 11.1. The third-order valence-corrected chi connectivity index (χ3v) is 20.1. The van der Waals surface area contributed by atoms with E-state index in [-0.39, 0.29) is 91.1 Å². The smallest absolute Gasteiger partial charge is 0.416 e. The van der Waals surface area contributed by atoms with E-state index in [1.165, 1.54) is 36.4 Å². The number of carbonyl (C=O) groups is 3. The van der Waals surface area contributed by atoms with Crippen molar-refractivity contribution in [2.75, 3.05) is 19.8 Å². The zero-order chi connectivity index (χ0) is 75.9. The van der Waals surface area contributed by atoms with E-state index in [4.69, 9.17) is 29.5 Å². The van der Waals surface area contributed by atoms with Gasteiger partial charge in [0.05, 0.1) is 48.1 Å². The second-order valence-corrected chi connectivity index (χ2v) is 28.1. The highest BCUT2D eigenvalue weighted by molar-refractivity contribution is 7.90. The van der Waals surface area contributed by atoms with Crippen molar-refractivity contribution in [1.29, 1.82) is 0 Å². The number of rotatable bonds is 18. The van der Waals surface area contributed by atoms with Gasteiger partial charge >= 0.3 is 55.0 Å². The highest BCUT2D eigenvalue weighted by atomic mass is 32.2. The lowest BCUT2D eigenvalue weighted by Crippen LogP contribution is -2.29. The molecular formula is C63H57F18N3O15S3. The van der Waals surface area contributed by atoms with Crippen LogP contribution in [0.3, 0.4) is 0 Å². The Hall–Kier alpha value is -8.40. The molecule has 0 heterocycles. The molecule has 0 spiro atoms. The Morgan fingerprint density at radius 2 is 0.549 bits per heavy atom. The highest BCUT2D eigenvalue weighted by Gasteiger charge is 2.43. The summed E-state index contributed by atoms with van der Waals surface area (Å²) in [4.78, 5) is 29.0. The minimum absolute atomic E-state index is 0.147. The number of nitrogens with one attached hydrogen (secondary N) is 3. The first-order valence-electron chi connectivity index (χ1n) is 29.9. The molecule has 558 valence electrons. The maximum absolute atomic E-state index is 13.2. The molecule has 0 aromatic heterocycles. The minimum Gasteiger partial charge on any atom is -0.482 e. The van der Waals surface area contributed by atoms with Crippen molar-refractivity contribution in [2.45, 2.75) is 147 Å². The van der Waals surface area contributed by atoms with Crippen molar-refractivity contribution in [3.63, 3.8) is 0 Å². The first-order chi connectivity index (χ1) is 47.0. The van der Waals surface area contributed by atoms with Gasteiger partial charge in [-0.05, 0) is 164 Å². The number of carboxylic acids is 3. The summed E-state index contributed by atoms with van der Waals surface area (Å²) in [6, 6.07) is 11.2. The van der Waals surface area contributed by atoms with Gasteiger partial charge in [-0.1, -0.05) is 55.7 Å². The molecule has 6 aromatic carbocycles. The van der Waals surface area contributed by atoms with Crippen LogP contribution in [0.2, 0.25) is 0 Å². The number of benzene rings is 6. The van der Waals surface area contributed by atoms with Gasteiger partial charge in [0.1, 0.15) is 17.2 Å². The molecule has 3 aliphatic carbocycles. The van der Waals surface area contributed by atoms with E-state index in [1.54, 1.807) is 18.2 Å². The van der Waals surface area contributed by atoms with Crippen molar-refractivity contribution < 1.29 is 148 Å². The molecule has 6 N–H and O–H groups in total. The van der Waals surface area contributed by atoms with Gasteiger partial charge in [-0.3, -0.25) is 0 Å². The van der Waals surface area contributed by atoms with E-state index in [2.05, 4.69) is 14.2 Å². The highest BCUT2D eigenvalue weighted by Crippen LogP contribution is 2.44. The van der Waals surface area contributed by atoms with Crippen LogP contribution in [0, 0.1) is 0 Å². The van der Waals surface area contributed by atoms with Crippen molar-refractivity contribution in [3.05, 3.63) is 176 Å². The Labute approximate surface area is 568 Å². The quantitative estimate of drug-likeness (QED) is 0.0345. The molecule has 0 bridgehead atoms. The Morgan fingerprint density at radius 1 is 0.343 bits per heavy atom. The first-order valence-corrected chi connectivity index (χ1v) is 34.3. The molecule has 3 aliphatic rings. The molecule has 0 fully saturated rings. The van der Waals surface area contributed by atoms with E-state index in [0.29, 0.717) is 91.2 Å². The predicted octanol–water partition coefficient (Wildman–Crippen LogP) is 14.8. The number of aliphatic carboxylic acids is 3. The maximum Gasteiger partial charge on any atom is 0.416 e. The van der Waals surface area contributed by atoms with Gasteiger partial charge in [0.25, 0.3) is 0 Å². The molecule has 0 aliphatic heterocycles. The normalized spacial score (nSPS) is 17.1. The average molecular weight is 1530 g/mol. The van der Waals surface area contributed by atoms with Crippen LogP contribution in [0.5, 0.6) is 17.2 Å². The van der Waals surface area contributed by atoms with Gasteiger partial charge in [0.2, 0.25) is 30.1 Å². The second kappa shape index (κ2) is 31.7. The number of alkyl halides is 18. The third-order valence-electron chi connectivity index (χ3n) is 15.7. The Balaban J connectivity index is 0.000000214. The molecule has 0 amide bonds. The van der Waals surface area contributed by atoms with E-state index in [1.807, 2.05) is 0 Å². The summed E-state index contributed by atoms with van der Waals surface area (Å²) in [6.45, 7) is -1.92. The number of halogens is 18. The van der Waals surface area contributed by atoms with Crippen LogP contribution in [0.25, 0.3) is 0 Å². The molecule has 0 saturated heterocycles. The van der Waals surface area contributed by atoms with E-state index >= 15 is 0 Å². The zero-order valence-corrected chi connectivity index (χ0v) is 54.4. The van der Waals surface area contributed by atoms with Gasteiger partial charge in [-0.25, -0.2) is 53.8 Å². The molecule has 3 atom stereocenters. The van der Waals surface area contributed by atoms with Crippen LogP contribution in [0.4, 0.5) is 79.0 Å². The first kappa shape index (κ1) is 80.9. The number of hydrogen-bond acceptors (Lipinski definition) is 12. The minimum atomic E-state index is -5.20. The van der Waals surface area contributed by atoms with Crippen molar-refractivity contribution in [3.8, 4) is 17.2 Å². The number of ether oxygens (including phenoxy) is 3. The molecule has 0 saturated carbocycles. The summed E-state index contributed by atoms with van der Waals surface area (Å²) in [5, 5.41) is 26.5. The van der Waals surface area contributed by atoms with Crippen LogP contribution in [0.1, 0.15) is 143 Å². The summed E-state index contributed by atoms with van der Waals surface area (Å²) in [5.41, 5.74) is -7.66. The summed E-state index contributed by atoms with van der Waals surface area (Å²) < 4.78 is 337. The fraction of sp³-hybridized carbons (Fsp3) is 0.381. The van der Waals surface area contributed by atoms with Gasteiger partial charge in [-0.15, -0.1) is 0 Å². The van der Waals surface area contributed by atoms with Gasteiger partial charge in [0, 0.05) is 18.1 Å². The molecule has 1 unspecified atom stereocenters. The Bertz CT molecular complexity index is 3870. The molecule has 39 heteroatoms. The monoisotopic (exact) mass is 1530 g/mol. The second-order valence-electron chi connectivity index (χ2n) is 23.0. The average Bonchev–Trinajstić information content (AvgIpc) is 0.936. The zero-order valence-electron chi connectivity index (χ0n) is 52.0. The van der Waals surface area contributed by atoms with Crippen LogP contribution in [-0.4, -0.2) is 78.3 Å². The molecule has 6 aromatic rings. The van der Waals surface area contributed by atoms with Crippen LogP contribution >= 0.6 is 0 Å². The Kier molecular flexibility index (Phi) is 25.1. The molecular weight excluding hydrogens is 1480 g/mol. The number of carboxylic acid groups (broad SMARTS) is 3. The van der Waals surface area contributed by atoms with Crippen molar-refractivity contribution in [1.82, 2.24) is 14.2 Å². The van der Waals surface area contributed by atoms with E-state index < -0.39 is 171 Å².